The fraction of sp³-hybridized carbons (Fsp3) is 0.476. The zero-order valence-corrected chi connectivity index (χ0v) is 18.9. The van der Waals surface area contributed by atoms with Crippen molar-refractivity contribution in [1.82, 2.24) is 9.88 Å². The molecular formula is C21H29N3O5S. The Morgan fingerprint density at radius 3 is 2.37 bits per heavy atom. The molecule has 0 fully saturated rings. The van der Waals surface area contributed by atoms with E-state index >= 15 is 0 Å². The van der Waals surface area contributed by atoms with E-state index in [9.17, 15) is 9.59 Å². The Morgan fingerprint density at radius 1 is 1.17 bits per heavy atom. The summed E-state index contributed by atoms with van der Waals surface area (Å²) >= 11 is 1.40. The van der Waals surface area contributed by atoms with E-state index in [1.165, 1.54) is 30.5 Å². The molecule has 164 valence electrons. The van der Waals surface area contributed by atoms with Gasteiger partial charge in [-0.15, -0.1) is 11.3 Å². The third kappa shape index (κ3) is 6.17. The van der Waals surface area contributed by atoms with E-state index in [1.54, 1.807) is 18.2 Å². The Bertz CT molecular complexity index is 827. The lowest BCUT2D eigenvalue weighted by Gasteiger charge is -2.24. The summed E-state index contributed by atoms with van der Waals surface area (Å²) in [7, 11) is 2.98. The number of hydrogen-bond donors (Lipinski definition) is 1. The molecule has 0 bridgehead atoms. The van der Waals surface area contributed by atoms with Crippen LogP contribution >= 0.6 is 11.3 Å². The molecule has 2 rings (SSSR count). The first-order chi connectivity index (χ1) is 14.4. The van der Waals surface area contributed by atoms with Crippen LogP contribution in [0, 0.1) is 13.8 Å². The molecule has 0 radical (unpaired) electrons. The number of carbonyl (C=O) groups excluding carboxylic acids is 2. The van der Waals surface area contributed by atoms with Crippen molar-refractivity contribution in [2.24, 2.45) is 0 Å². The molecule has 0 aliphatic heterocycles. The fourth-order valence-electron chi connectivity index (χ4n) is 2.83. The van der Waals surface area contributed by atoms with Crippen molar-refractivity contribution in [3.63, 3.8) is 0 Å². The van der Waals surface area contributed by atoms with Gasteiger partial charge in [0.2, 0.25) is 5.91 Å². The summed E-state index contributed by atoms with van der Waals surface area (Å²) < 4.78 is 16.1. The largest absolute Gasteiger partial charge is 0.496 e. The Hall–Kier alpha value is -2.65. The van der Waals surface area contributed by atoms with Gasteiger partial charge in [-0.25, -0.2) is 4.98 Å². The van der Waals surface area contributed by atoms with Gasteiger partial charge in [-0.1, -0.05) is 6.07 Å². The highest BCUT2D eigenvalue weighted by atomic mass is 32.1. The Labute approximate surface area is 181 Å². The smallest absolute Gasteiger partial charge is 0.261 e. The summed E-state index contributed by atoms with van der Waals surface area (Å²) in [6.45, 7) is 7.06. The molecule has 1 aromatic heterocycles. The summed E-state index contributed by atoms with van der Waals surface area (Å²) in [5.74, 6) is 0.117. The first-order valence-electron chi connectivity index (χ1n) is 9.73. The molecule has 0 aliphatic carbocycles. The zero-order valence-electron chi connectivity index (χ0n) is 18.1. The van der Waals surface area contributed by atoms with Crippen LogP contribution in [0.4, 0.5) is 5.13 Å². The maximum Gasteiger partial charge on any atom is 0.261 e. The van der Waals surface area contributed by atoms with E-state index in [-0.39, 0.29) is 23.9 Å². The lowest BCUT2D eigenvalue weighted by atomic mass is 10.1. The number of thiazole rings is 1. The van der Waals surface area contributed by atoms with Crippen LogP contribution < -0.4 is 14.8 Å². The zero-order chi connectivity index (χ0) is 22.1. The highest BCUT2D eigenvalue weighted by Gasteiger charge is 2.25. The predicted molar refractivity (Wildman–Crippen MR) is 117 cm³/mol. The number of amides is 2. The number of aromatic nitrogens is 1. The number of aryl methyl sites for hydroxylation is 2. The molecule has 1 aromatic carbocycles. The number of carbonyl (C=O) groups is 2. The summed E-state index contributed by atoms with van der Waals surface area (Å²) in [4.78, 5) is 32.8. The summed E-state index contributed by atoms with van der Waals surface area (Å²) in [6.07, 6.45) is 0.597. The van der Waals surface area contributed by atoms with Crippen molar-refractivity contribution in [3.8, 4) is 11.5 Å². The van der Waals surface area contributed by atoms with Gasteiger partial charge < -0.3 is 24.4 Å². The first kappa shape index (κ1) is 23.6. The summed E-state index contributed by atoms with van der Waals surface area (Å²) in [6, 6.07) is 5.12. The van der Waals surface area contributed by atoms with Crippen LogP contribution in [-0.2, 0) is 9.53 Å². The lowest BCUT2D eigenvalue weighted by Crippen LogP contribution is -2.39. The molecule has 2 amide bonds. The maximum absolute atomic E-state index is 13.3. The lowest BCUT2D eigenvalue weighted by molar-refractivity contribution is -0.117. The van der Waals surface area contributed by atoms with E-state index in [4.69, 9.17) is 14.2 Å². The summed E-state index contributed by atoms with van der Waals surface area (Å²) in [5, 5.41) is 3.30. The van der Waals surface area contributed by atoms with E-state index in [0.717, 1.165) is 10.6 Å². The molecule has 30 heavy (non-hydrogen) atoms. The molecule has 0 spiro atoms. The van der Waals surface area contributed by atoms with Crippen molar-refractivity contribution in [3.05, 3.63) is 34.3 Å². The predicted octanol–water partition coefficient (Wildman–Crippen LogP) is 3.28. The molecule has 1 N–H and O–H groups in total. The molecule has 0 saturated heterocycles. The van der Waals surface area contributed by atoms with Crippen LogP contribution in [0.3, 0.4) is 0 Å². The number of rotatable bonds is 11. The molecule has 1 heterocycles. The molecule has 2 aromatic rings. The van der Waals surface area contributed by atoms with Gasteiger partial charge in [0.1, 0.15) is 23.6 Å². The molecule has 0 saturated carbocycles. The van der Waals surface area contributed by atoms with Gasteiger partial charge in [0.15, 0.2) is 5.13 Å². The van der Waals surface area contributed by atoms with Crippen LogP contribution in [0.1, 0.15) is 34.3 Å². The highest BCUT2D eigenvalue weighted by molar-refractivity contribution is 7.15. The Balaban J connectivity index is 2.21. The molecule has 0 aliphatic rings. The second-order valence-corrected chi connectivity index (χ2v) is 7.73. The van der Waals surface area contributed by atoms with Gasteiger partial charge in [-0.2, -0.15) is 0 Å². The number of benzene rings is 1. The quantitative estimate of drug-likeness (QED) is 0.545. The van der Waals surface area contributed by atoms with Crippen LogP contribution in [0.2, 0.25) is 0 Å². The number of nitrogens with one attached hydrogen (secondary N) is 1. The Kier molecular flexibility index (Phi) is 9.07. The second kappa shape index (κ2) is 11.5. The van der Waals surface area contributed by atoms with E-state index in [1.807, 2.05) is 20.8 Å². The minimum atomic E-state index is -0.345. The molecule has 8 nitrogen and oxygen atoms in total. The van der Waals surface area contributed by atoms with Gasteiger partial charge in [0.25, 0.3) is 5.91 Å². The van der Waals surface area contributed by atoms with Crippen molar-refractivity contribution in [1.29, 1.82) is 0 Å². The monoisotopic (exact) mass is 435 g/mol. The third-order valence-electron chi connectivity index (χ3n) is 4.46. The minimum absolute atomic E-state index is 0.121. The average Bonchev–Trinajstić information content (AvgIpc) is 3.05. The van der Waals surface area contributed by atoms with Gasteiger partial charge >= 0.3 is 0 Å². The molecule has 0 unspecified atom stereocenters. The standard InChI is InChI=1S/C21H29N3O5S/c1-6-29-12-8-11-24(13-18(25)23-21-22-14(2)15(3)30-21)20(26)19-16(27-4)9-7-10-17(19)28-5/h7,9-10H,6,8,11-13H2,1-5H3,(H,22,23,25). The summed E-state index contributed by atoms with van der Waals surface area (Å²) in [5.41, 5.74) is 1.16. The SMILES string of the molecule is CCOCCCN(CC(=O)Nc1nc(C)c(C)s1)C(=O)c1c(OC)cccc1OC. The van der Waals surface area contributed by atoms with Gasteiger partial charge in [0, 0.05) is 24.6 Å². The normalized spacial score (nSPS) is 10.6. The van der Waals surface area contributed by atoms with E-state index in [0.29, 0.717) is 42.8 Å². The third-order valence-corrected chi connectivity index (χ3v) is 5.45. The number of methoxy groups -OCH3 is 2. The van der Waals surface area contributed by atoms with Crippen molar-refractivity contribution in [2.75, 3.05) is 45.8 Å². The van der Waals surface area contributed by atoms with E-state index in [2.05, 4.69) is 10.3 Å². The van der Waals surface area contributed by atoms with Crippen molar-refractivity contribution >= 4 is 28.3 Å². The van der Waals surface area contributed by atoms with Gasteiger partial charge in [0.05, 0.1) is 19.9 Å². The fourth-order valence-corrected chi connectivity index (χ4v) is 3.66. The number of ether oxygens (including phenoxy) is 3. The number of hydrogen-bond acceptors (Lipinski definition) is 7. The first-order valence-corrected chi connectivity index (χ1v) is 10.5. The number of nitrogens with zero attached hydrogens (tertiary/aromatic N) is 2. The van der Waals surface area contributed by atoms with E-state index < -0.39 is 0 Å². The van der Waals surface area contributed by atoms with Gasteiger partial charge in [-0.3, -0.25) is 9.59 Å². The van der Waals surface area contributed by atoms with Crippen molar-refractivity contribution < 1.29 is 23.8 Å². The van der Waals surface area contributed by atoms with Crippen LogP contribution in [0.15, 0.2) is 18.2 Å². The van der Waals surface area contributed by atoms with Crippen LogP contribution in [0.25, 0.3) is 0 Å². The Morgan fingerprint density at radius 2 is 1.83 bits per heavy atom. The maximum atomic E-state index is 13.3. The molecule has 9 heteroatoms. The van der Waals surface area contributed by atoms with Crippen LogP contribution in [-0.4, -0.2) is 62.2 Å². The average molecular weight is 436 g/mol. The molecule has 0 atom stereocenters. The van der Waals surface area contributed by atoms with Crippen molar-refractivity contribution in [2.45, 2.75) is 27.2 Å². The minimum Gasteiger partial charge on any atom is -0.496 e. The van der Waals surface area contributed by atoms with Crippen LogP contribution in [0.5, 0.6) is 11.5 Å². The second-order valence-electron chi connectivity index (χ2n) is 6.52. The topological polar surface area (TPSA) is 90.0 Å². The molecular weight excluding hydrogens is 406 g/mol. The highest BCUT2D eigenvalue weighted by Crippen LogP contribution is 2.29. The number of anilines is 1. The van der Waals surface area contributed by atoms with Gasteiger partial charge in [-0.05, 0) is 39.3 Å².